The second kappa shape index (κ2) is 13.8. The minimum Gasteiger partial charge on any atom is -0.245 e. The molecule has 0 atom stereocenters. The molecule has 300 valence electrons. The SMILES string of the molecule is c1ccc(-c2ccc3ccc4ccc(-c5c6ccccc6c(-c6ccc(-c7ccc8c(c7)C7(c9ccccc9-c9ccccc97)c7ccccc7-8)cc6)c6ccccc56)nc4c3n2)cc1. The Balaban J connectivity index is 0.912. The van der Waals surface area contributed by atoms with Gasteiger partial charge in [0.2, 0.25) is 0 Å². The van der Waals surface area contributed by atoms with Gasteiger partial charge in [-0.2, -0.15) is 0 Å². The van der Waals surface area contributed by atoms with Crippen LogP contribution in [0.3, 0.4) is 0 Å². The Bertz CT molecular complexity index is 3820. The quantitative estimate of drug-likeness (QED) is 0.131. The minimum atomic E-state index is -0.372. The van der Waals surface area contributed by atoms with Crippen molar-refractivity contribution in [2.45, 2.75) is 5.41 Å². The molecule has 65 heavy (non-hydrogen) atoms. The first-order valence-electron chi connectivity index (χ1n) is 22.5. The molecule has 2 aromatic heterocycles. The summed E-state index contributed by atoms with van der Waals surface area (Å²) in [6, 6.07) is 84.5. The van der Waals surface area contributed by atoms with Crippen LogP contribution >= 0.6 is 0 Å². The zero-order valence-electron chi connectivity index (χ0n) is 35.3. The third kappa shape index (κ3) is 5.11. The first-order chi connectivity index (χ1) is 32.2. The fourth-order valence-corrected chi connectivity index (χ4v) is 11.5. The third-order valence-electron chi connectivity index (χ3n) is 14.3. The lowest BCUT2D eigenvalue weighted by atomic mass is 9.70. The minimum absolute atomic E-state index is 0.372. The molecule has 0 saturated heterocycles. The van der Waals surface area contributed by atoms with E-state index in [1.54, 1.807) is 0 Å². The largest absolute Gasteiger partial charge is 0.245 e. The smallest absolute Gasteiger partial charge is 0.0972 e. The van der Waals surface area contributed by atoms with Gasteiger partial charge in [0.15, 0.2) is 0 Å². The molecule has 0 N–H and O–H groups in total. The summed E-state index contributed by atoms with van der Waals surface area (Å²) in [4.78, 5) is 10.7. The first-order valence-corrected chi connectivity index (χ1v) is 22.5. The van der Waals surface area contributed by atoms with Crippen molar-refractivity contribution in [1.29, 1.82) is 0 Å². The van der Waals surface area contributed by atoms with Crippen LogP contribution in [0, 0.1) is 0 Å². The highest BCUT2D eigenvalue weighted by atomic mass is 14.8. The summed E-state index contributed by atoms with van der Waals surface area (Å²) in [5, 5.41) is 6.91. The lowest BCUT2D eigenvalue weighted by molar-refractivity contribution is 0.794. The molecular formula is C63H38N2. The van der Waals surface area contributed by atoms with Gasteiger partial charge in [0.25, 0.3) is 0 Å². The van der Waals surface area contributed by atoms with Crippen molar-refractivity contribution in [3.05, 3.63) is 253 Å². The summed E-state index contributed by atoms with van der Waals surface area (Å²) < 4.78 is 0. The highest BCUT2D eigenvalue weighted by Gasteiger charge is 2.51. The molecule has 2 nitrogen and oxygen atoms in total. The molecule has 2 heteroatoms. The Morgan fingerprint density at radius 1 is 0.262 bits per heavy atom. The van der Waals surface area contributed by atoms with E-state index in [0.717, 1.165) is 44.3 Å². The summed E-state index contributed by atoms with van der Waals surface area (Å²) in [6.07, 6.45) is 0. The molecule has 0 saturated carbocycles. The summed E-state index contributed by atoms with van der Waals surface area (Å²) >= 11 is 0. The van der Waals surface area contributed by atoms with E-state index in [2.05, 4.69) is 224 Å². The lowest BCUT2D eigenvalue weighted by Crippen LogP contribution is -2.25. The van der Waals surface area contributed by atoms with Crippen LogP contribution in [-0.4, -0.2) is 9.97 Å². The predicted octanol–water partition coefficient (Wildman–Crippen LogP) is 16.1. The second-order valence-electron chi connectivity index (χ2n) is 17.5. The lowest BCUT2D eigenvalue weighted by Gasteiger charge is -2.30. The Labute approximate surface area is 376 Å². The normalized spacial score (nSPS) is 13.0. The van der Waals surface area contributed by atoms with E-state index in [9.17, 15) is 0 Å². The van der Waals surface area contributed by atoms with Gasteiger partial charge < -0.3 is 0 Å². The molecule has 12 aromatic rings. The number of hydrogen-bond acceptors (Lipinski definition) is 2. The van der Waals surface area contributed by atoms with Crippen molar-refractivity contribution in [2.75, 3.05) is 0 Å². The van der Waals surface area contributed by atoms with Gasteiger partial charge in [0.1, 0.15) is 0 Å². The van der Waals surface area contributed by atoms with Crippen LogP contribution in [-0.2, 0) is 5.41 Å². The molecule has 10 aromatic carbocycles. The standard InChI is InChI=1S/C63H38N2/c1-2-14-40(15-3-1)57-36-33-42-30-31-43-34-37-58(65-62(43)61(42)64-57)60-51-21-6-4-19-49(51)59(50-20-5-7-22-52(50)60)41-28-26-39(27-29-41)44-32-35-48-47-18-10-13-25-55(47)63(56(48)38-44)53-23-11-8-16-45(53)46-17-9-12-24-54(46)63/h1-38H. The highest BCUT2D eigenvalue weighted by Crippen LogP contribution is 2.63. The van der Waals surface area contributed by atoms with E-state index in [0.29, 0.717) is 0 Å². The molecule has 2 aliphatic carbocycles. The van der Waals surface area contributed by atoms with Crippen LogP contribution in [0.1, 0.15) is 22.3 Å². The second-order valence-corrected chi connectivity index (χ2v) is 17.5. The van der Waals surface area contributed by atoms with Crippen LogP contribution in [0.2, 0.25) is 0 Å². The number of rotatable bonds is 4. The molecule has 0 amide bonds. The van der Waals surface area contributed by atoms with Crippen LogP contribution in [0.5, 0.6) is 0 Å². The number of benzene rings is 10. The van der Waals surface area contributed by atoms with Crippen molar-refractivity contribution < 1.29 is 0 Å². The van der Waals surface area contributed by atoms with Crippen LogP contribution in [0.4, 0.5) is 0 Å². The Morgan fingerprint density at radius 3 is 1.25 bits per heavy atom. The van der Waals surface area contributed by atoms with Gasteiger partial charge >= 0.3 is 0 Å². The van der Waals surface area contributed by atoms with E-state index < -0.39 is 0 Å². The van der Waals surface area contributed by atoms with Gasteiger partial charge in [-0.05, 0) is 107 Å². The van der Waals surface area contributed by atoms with Crippen molar-refractivity contribution in [3.63, 3.8) is 0 Å². The molecule has 0 fully saturated rings. The van der Waals surface area contributed by atoms with E-state index >= 15 is 0 Å². The Hall–Kier alpha value is -8.46. The van der Waals surface area contributed by atoms with Crippen molar-refractivity contribution in [3.8, 4) is 67.0 Å². The fraction of sp³-hybridized carbons (Fsp3) is 0.0159. The van der Waals surface area contributed by atoms with E-state index in [1.807, 2.05) is 6.07 Å². The molecule has 0 unspecified atom stereocenters. The number of nitrogens with zero attached hydrogens (tertiary/aromatic N) is 2. The maximum atomic E-state index is 5.48. The topological polar surface area (TPSA) is 25.8 Å². The maximum Gasteiger partial charge on any atom is 0.0972 e. The van der Waals surface area contributed by atoms with Gasteiger partial charge in [0.05, 0.1) is 27.8 Å². The molecular weight excluding hydrogens is 785 g/mol. The van der Waals surface area contributed by atoms with Crippen LogP contribution in [0.25, 0.3) is 110 Å². The molecule has 0 bridgehead atoms. The molecule has 14 rings (SSSR count). The van der Waals surface area contributed by atoms with E-state index in [-0.39, 0.29) is 5.41 Å². The molecule has 0 radical (unpaired) electrons. The van der Waals surface area contributed by atoms with Crippen molar-refractivity contribution in [2.24, 2.45) is 0 Å². The first kappa shape index (κ1) is 36.1. The Morgan fingerprint density at radius 2 is 0.677 bits per heavy atom. The van der Waals surface area contributed by atoms with Gasteiger partial charge in [-0.25, -0.2) is 9.97 Å². The zero-order chi connectivity index (χ0) is 42.6. The van der Waals surface area contributed by atoms with E-state index in [1.165, 1.54) is 88.3 Å². The molecule has 2 heterocycles. The Kier molecular flexibility index (Phi) is 7.64. The van der Waals surface area contributed by atoms with E-state index in [4.69, 9.17) is 9.97 Å². The third-order valence-corrected chi connectivity index (χ3v) is 14.3. The monoisotopic (exact) mass is 822 g/mol. The van der Waals surface area contributed by atoms with Crippen molar-refractivity contribution in [1.82, 2.24) is 9.97 Å². The van der Waals surface area contributed by atoms with Gasteiger partial charge in [-0.1, -0.05) is 212 Å². The number of aromatic nitrogens is 2. The average molecular weight is 823 g/mol. The summed E-state index contributed by atoms with van der Waals surface area (Å²) in [6.45, 7) is 0. The fourth-order valence-electron chi connectivity index (χ4n) is 11.5. The highest BCUT2D eigenvalue weighted by molar-refractivity contribution is 6.21. The van der Waals surface area contributed by atoms with Crippen LogP contribution in [0.15, 0.2) is 231 Å². The maximum absolute atomic E-state index is 5.48. The van der Waals surface area contributed by atoms with Crippen LogP contribution < -0.4 is 0 Å². The molecule has 0 aliphatic heterocycles. The summed E-state index contributed by atoms with van der Waals surface area (Å²) in [7, 11) is 0. The van der Waals surface area contributed by atoms with Crippen molar-refractivity contribution >= 4 is 43.4 Å². The predicted molar refractivity (Wildman–Crippen MR) is 270 cm³/mol. The average Bonchev–Trinajstić information content (AvgIpc) is 3.85. The number of hydrogen-bond donors (Lipinski definition) is 0. The van der Waals surface area contributed by atoms with Gasteiger partial charge in [-0.15, -0.1) is 0 Å². The summed E-state index contributed by atoms with van der Waals surface area (Å²) in [5.41, 5.74) is 21.1. The van der Waals surface area contributed by atoms with Gasteiger partial charge in [0, 0.05) is 21.9 Å². The number of pyridine rings is 2. The zero-order valence-corrected chi connectivity index (χ0v) is 35.3. The molecule has 1 spiro atoms. The summed E-state index contributed by atoms with van der Waals surface area (Å²) in [5.74, 6) is 0. The molecule has 2 aliphatic rings. The number of fused-ring (bicyclic) bond motifs is 15. The van der Waals surface area contributed by atoms with Gasteiger partial charge in [-0.3, -0.25) is 0 Å².